The van der Waals surface area contributed by atoms with Crippen LogP contribution in [0, 0.1) is 0 Å². The van der Waals surface area contributed by atoms with Crippen molar-refractivity contribution in [2.75, 3.05) is 5.73 Å². The molecule has 0 amide bonds. The zero-order valence-corrected chi connectivity index (χ0v) is 9.93. The van der Waals surface area contributed by atoms with Crippen LogP contribution in [0.4, 0.5) is 5.82 Å². The van der Waals surface area contributed by atoms with Crippen molar-refractivity contribution in [3.63, 3.8) is 0 Å². The second-order valence-electron chi connectivity index (χ2n) is 4.25. The normalized spacial score (nSPS) is 10.9. The van der Waals surface area contributed by atoms with Crippen LogP contribution in [0.15, 0.2) is 42.6 Å². The molecule has 3 rings (SSSR count). The molecular weight excluding hydrogens is 224 g/mol. The fraction of sp³-hybridized carbons (Fsp3) is 0.143. The maximum Gasteiger partial charge on any atom is 0.143 e. The van der Waals surface area contributed by atoms with Gasteiger partial charge in [0.25, 0.3) is 0 Å². The quantitative estimate of drug-likeness (QED) is 0.735. The number of fused-ring (bicyclic) bond motifs is 1. The number of hydrogen-bond donors (Lipinski definition) is 2. The summed E-state index contributed by atoms with van der Waals surface area (Å²) in [5.74, 6) is 1.33. The summed E-state index contributed by atoms with van der Waals surface area (Å²) in [6, 6.07) is 12.2. The van der Waals surface area contributed by atoms with Crippen molar-refractivity contribution >= 4 is 16.9 Å². The number of rotatable bonds is 3. The van der Waals surface area contributed by atoms with Crippen LogP contribution in [-0.4, -0.2) is 15.0 Å². The first-order valence-corrected chi connectivity index (χ1v) is 5.96. The first kappa shape index (κ1) is 10.8. The highest BCUT2D eigenvalue weighted by molar-refractivity contribution is 5.85. The predicted molar refractivity (Wildman–Crippen MR) is 72.2 cm³/mol. The minimum absolute atomic E-state index is 0.546. The fourth-order valence-corrected chi connectivity index (χ4v) is 2.03. The molecule has 0 fully saturated rings. The van der Waals surface area contributed by atoms with E-state index in [1.54, 1.807) is 0 Å². The summed E-state index contributed by atoms with van der Waals surface area (Å²) in [7, 11) is 0. The van der Waals surface area contributed by atoms with Gasteiger partial charge in [0.15, 0.2) is 0 Å². The van der Waals surface area contributed by atoms with Crippen molar-refractivity contribution in [2.24, 2.45) is 0 Å². The summed E-state index contributed by atoms with van der Waals surface area (Å²) >= 11 is 0. The highest BCUT2D eigenvalue weighted by Crippen LogP contribution is 2.16. The highest BCUT2D eigenvalue weighted by Gasteiger charge is 2.05. The van der Waals surface area contributed by atoms with Crippen molar-refractivity contribution in [1.29, 1.82) is 0 Å². The predicted octanol–water partition coefficient (Wildman–Crippen LogP) is 2.33. The van der Waals surface area contributed by atoms with Crippen molar-refractivity contribution in [1.82, 2.24) is 15.0 Å². The number of nitrogen functional groups attached to an aromatic ring is 1. The number of nitrogens with zero attached hydrogens (tertiary/aromatic N) is 2. The summed E-state index contributed by atoms with van der Waals surface area (Å²) in [5.41, 5.74) is 7.99. The van der Waals surface area contributed by atoms with E-state index in [4.69, 9.17) is 5.73 Å². The van der Waals surface area contributed by atoms with E-state index < -0.39 is 0 Å². The Kier molecular flexibility index (Phi) is 2.68. The minimum atomic E-state index is 0.546. The smallest absolute Gasteiger partial charge is 0.143 e. The molecule has 0 bridgehead atoms. The van der Waals surface area contributed by atoms with Gasteiger partial charge in [-0.15, -0.1) is 0 Å². The Balaban J connectivity index is 1.82. The van der Waals surface area contributed by atoms with Gasteiger partial charge in [-0.05, 0) is 18.1 Å². The standard InChI is InChI=1S/C14H14N4/c15-13-11-8-9-16-14(11)18-12(17-13)7-6-10-4-2-1-3-5-10/h1-5,8-9H,6-7H2,(H3,15,16,17,18). The lowest BCUT2D eigenvalue weighted by molar-refractivity contribution is 0.870. The van der Waals surface area contributed by atoms with Crippen molar-refractivity contribution in [2.45, 2.75) is 12.8 Å². The molecular formula is C14H14N4. The van der Waals surface area contributed by atoms with Gasteiger partial charge in [0.05, 0.1) is 5.39 Å². The maximum atomic E-state index is 5.90. The van der Waals surface area contributed by atoms with E-state index in [2.05, 4.69) is 27.1 Å². The summed E-state index contributed by atoms with van der Waals surface area (Å²) in [4.78, 5) is 11.9. The molecule has 4 nitrogen and oxygen atoms in total. The summed E-state index contributed by atoms with van der Waals surface area (Å²) in [6.45, 7) is 0. The molecule has 0 aliphatic rings. The minimum Gasteiger partial charge on any atom is -0.383 e. The Bertz CT molecular complexity index is 658. The Morgan fingerprint density at radius 3 is 2.67 bits per heavy atom. The van der Waals surface area contributed by atoms with E-state index in [-0.39, 0.29) is 0 Å². The van der Waals surface area contributed by atoms with Crippen molar-refractivity contribution < 1.29 is 0 Å². The molecule has 0 saturated heterocycles. The second kappa shape index (κ2) is 4.49. The molecule has 90 valence electrons. The molecule has 0 unspecified atom stereocenters. The van der Waals surface area contributed by atoms with Crippen LogP contribution in [0.3, 0.4) is 0 Å². The molecule has 4 heteroatoms. The lowest BCUT2D eigenvalue weighted by Crippen LogP contribution is -2.02. The first-order valence-electron chi connectivity index (χ1n) is 5.96. The zero-order chi connectivity index (χ0) is 12.4. The van der Waals surface area contributed by atoms with E-state index in [0.29, 0.717) is 5.82 Å². The Hall–Kier alpha value is -2.36. The van der Waals surface area contributed by atoms with Crippen molar-refractivity contribution in [3.8, 4) is 0 Å². The van der Waals surface area contributed by atoms with E-state index in [1.165, 1.54) is 5.56 Å². The molecule has 0 radical (unpaired) electrons. The Labute approximate surface area is 105 Å². The molecule has 2 heterocycles. The Morgan fingerprint density at radius 1 is 1.00 bits per heavy atom. The third-order valence-corrected chi connectivity index (χ3v) is 2.97. The number of nitrogens with one attached hydrogen (secondary N) is 1. The molecule has 1 aromatic carbocycles. The average molecular weight is 238 g/mol. The van der Waals surface area contributed by atoms with Gasteiger partial charge in [-0.3, -0.25) is 0 Å². The average Bonchev–Trinajstić information content (AvgIpc) is 2.86. The fourth-order valence-electron chi connectivity index (χ4n) is 2.03. The second-order valence-corrected chi connectivity index (χ2v) is 4.25. The molecule has 0 aliphatic carbocycles. The number of H-pyrrole nitrogens is 1. The van der Waals surface area contributed by atoms with Crippen molar-refractivity contribution in [3.05, 3.63) is 54.0 Å². The molecule has 2 aromatic heterocycles. The zero-order valence-electron chi connectivity index (χ0n) is 9.93. The van der Waals surface area contributed by atoms with Gasteiger partial charge in [-0.25, -0.2) is 9.97 Å². The number of anilines is 1. The molecule has 0 aliphatic heterocycles. The lowest BCUT2D eigenvalue weighted by atomic mass is 10.1. The SMILES string of the molecule is Nc1nc(CCc2ccccc2)nc2[nH]ccc12. The molecule has 0 saturated carbocycles. The van der Waals surface area contributed by atoms with Gasteiger partial charge in [0.1, 0.15) is 17.3 Å². The monoisotopic (exact) mass is 238 g/mol. The third kappa shape index (κ3) is 2.05. The van der Waals surface area contributed by atoms with Crippen LogP contribution in [0.5, 0.6) is 0 Å². The van der Waals surface area contributed by atoms with Gasteiger partial charge in [0.2, 0.25) is 0 Å². The molecule has 0 atom stereocenters. The molecule has 0 spiro atoms. The van der Waals surface area contributed by atoms with Crippen LogP contribution in [0.1, 0.15) is 11.4 Å². The maximum absolute atomic E-state index is 5.90. The van der Waals surface area contributed by atoms with E-state index in [0.717, 1.165) is 29.7 Å². The first-order chi connectivity index (χ1) is 8.83. The number of nitrogens with two attached hydrogens (primary N) is 1. The summed E-state index contributed by atoms with van der Waals surface area (Å²) in [6.07, 6.45) is 3.55. The number of aromatic nitrogens is 3. The summed E-state index contributed by atoms with van der Waals surface area (Å²) in [5, 5.41) is 0.887. The van der Waals surface area contributed by atoms with Gasteiger partial charge in [-0.1, -0.05) is 30.3 Å². The van der Waals surface area contributed by atoms with E-state index >= 15 is 0 Å². The Morgan fingerprint density at radius 2 is 1.83 bits per heavy atom. The lowest BCUT2D eigenvalue weighted by Gasteiger charge is -2.03. The van der Waals surface area contributed by atoms with Gasteiger partial charge < -0.3 is 10.7 Å². The molecule has 18 heavy (non-hydrogen) atoms. The van der Waals surface area contributed by atoms with E-state index in [1.807, 2.05) is 30.5 Å². The van der Waals surface area contributed by atoms with Crippen LogP contribution in [0.25, 0.3) is 11.0 Å². The molecule has 3 aromatic rings. The highest BCUT2D eigenvalue weighted by atomic mass is 15.0. The molecule has 3 N–H and O–H groups in total. The van der Waals surface area contributed by atoms with Crippen LogP contribution >= 0.6 is 0 Å². The number of hydrogen-bond acceptors (Lipinski definition) is 3. The topological polar surface area (TPSA) is 67.6 Å². The van der Waals surface area contributed by atoms with Gasteiger partial charge >= 0.3 is 0 Å². The number of benzene rings is 1. The number of aryl methyl sites for hydroxylation is 2. The summed E-state index contributed by atoms with van der Waals surface area (Å²) < 4.78 is 0. The number of aromatic amines is 1. The van der Waals surface area contributed by atoms with Crippen LogP contribution in [-0.2, 0) is 12.8 Å². The van der Waals surface area contributed by atoms with E-state index in [9.17, 15) is 0 Å². The third-order valence-electron chi connectivity index (χ3n) is 2.97. The van der Waals surface area contributed by atoms with Gasteiger partial charge in [0, 0.05) is 12.6 Å². The van der Waals surface area contributed by atoms with Gasteiger partial charge in [-0.2, -0.15) is 0 Å². The van der Waals surface area contributed by atoms with Crippen LogP contribution in [0.2, 0.25) is 0 Å². The largest absolute Gasteiger partial charge is 0.383 e. The van der Waals surface area contributed by atoms with Crippen LogP contribution < -0.4 is 5.73 Å².